The van der Waals surface area contributed by atoms with Crippen LogP contribution in [0.1, 0.15) is 78.6 Å². The van der Waals surface area contributed by atoms with Crippen molar-refractivity contribution in [3.63, 3.8) is 0 Å². The van der Waals surface area contributed by atoms with Crippen LogP contribution in [0, 0.1) is 40.4 Å². The first-order chi connectivity index (χ1) is 10.9. The van der Waals surface area contributed by atoms with E-state index in [0.29, 0.717) is 16.7 Å². The van der Waals surface area contributed by atoms with E-state index in [1.54, 1.807) is 0 Å². The molecule has 0 radical (unpaired) electrons. The summed E-state index contributed by atoms with van der Waals surface area (Å²) in [7, 11) is 0. The fourth-order valence-electron chi connectivity index (χ4n) is 8.07. The standard InChI is InChI=1S/C21H36O2/c1-13(22)17-6-7-18-16-5-4-14-12-15(23)8-10-20(14,2)19(16)9-11-21(17,18)3/h13-19,22-23H,4-12H2,1-3H3/t13-,14+,15-,16+,17-,18+,19+,20+,21-/m1/s1. The first-order valence-electron chi connectivity index (χ1n) is 10.2. The molecule has 23 heavy (non-hydrogen) atoms. The van der Waals surface area contributed by atoms with Gasteiger partial charge in [-0.2, -0.15) is 0 Å². The second-order valence-electron chi connectivity index (χ2n) is 10.1. The van der Waals surface area contributed by atoms with Crippen LogP contribution in [0.4, 0.5) is 0 Å². The van der Waals surface area contributed by atoms with Gasteiger partial charge in [0.1, 0.15) is 0 Å². The van der Waals surface area contributed by atoms with E-state index in [4.69, 9.17) is 0 Å². The third-order valence-corrected chi connectivity index (χ3v) is 9.29. The normalized spacial score (nSPS) is 57.3. The molecule has 0 unspecified atom stereocenters. The molecule has 0 amide bonds. The second kappa shape index (κ2) is 5.46. The van der Waals surface area contributed by atoms with Crippen LogP contribution in [-0.4, -0.2) is 22.4 Å². The van der Waals surface area contributed by atoms with E-state index in [0.717, 1.165) is 36.5 Å². The molecule has 2 heteroatoms. The molecule has 4 aliphatic rings. The third kappa shape index (κ3) is 2.27. The van der Waals surface area contributed by atoms with Crippen LogP contribution in [0.25, 0.3) is 0 Å². The highest BCUT2D eigenvalue weighted by molar-refractivity contribution is 5.09. The number of aliphatic hydroxyl groups is 2. The molecule has 0 heterocycles. The lowest BCUT2D eigenvalue weighted by atomic mass is 9.44. The van der Waals surface area contributed by atoms with Crippen molar-refractivity contribution in [2.24, 2.45) is 40.4 Å². The zero-order valence-corrected chi connectivity index (χ0v) is 15.3. The van der Waals surface area contributed by atoms with Crippen molar-refractivity contribution >= 4 is 0 Å². The molecule has 4 aliphatic carbocycles. The average Bonchev–Trinajstić information content (AvgIpc) is 2.85. The van der Waals surface area contributed by atoms with E-state index in [9.17, 15) is 10.2 Å². The SMILES string of the molecule is C[C@@H](O)[C@H]1CC[C@H]2[C@@H]3CC[C@H]4C[C@H](O)CC[C@]4(C)[C@H]3CC[C@]12C. The molecule has 2 N–H and O–H groups in total. The number of rotatable bonds is 1. The highest BCUT2D eigenvalue weighted by Gasteiger charge is 2.60. The lowest BCUT2D eigenvalue weighted by molar-refractivity contribution is -0.132. The van der Waals surface area contributed by atoms with Gasteiger partial charge in [-0.15, -0.1) is 0 Å². The molecular formula is C21H36O2. The lowest BCUT2D eigenvalue weighted by Gasteiger charge is -2.61. The van der Waals surface area contributed by atoms with Crippen molar-refractivity contribution in [3.8, 4) is 0 Å². The summed E-state index contributed by atoms with van der Waals surface area (Å²) in [5.41, 5.74) is 0.860. The maximum absolute atomic E-state index is 10.3. The molecular weight excluding hydrogens is 284 g/mol. The molecule has 4 saturated carbocycles. The van der Waals surface area contributed by atoms with Crippen molar-refractivity contribution in [2.45, 2.75) is 90.8 Å². The van der Waals surface area contributed by atoms with E-state index < -0.39 is 0 Å². The van der Waals surface area contributed by atoms with Crippen molar-refractivity contribution in [3.05, 3.63) is 0 Å². The average molecular weight is 321 g/mol. The highest BCUT2D eigenvalue weighted by Crippen LogP contribution is 2.67. The number of aliphatic hydroxyl groups excluding tert-OH is 2. The van der Waals surface area contributed by atoms with Crippen LogP contribution >= 0.6 is 0 Å². The summed E-state index contributed by atoms with van der Waals surface area (Å²) in [5.74, 6) is 3.87. The van der Waals surface area contributed by atoms with Gasteiger partial charge in [0.05, 0.1) is 12.2 Å². The predicted molar refractivity (Wildman–Crippen MR) is 92.9 cm³/mol. The van der Waals surface area contributed by atoms with Gasteiger partial charge in [-0.25, -0.2) is 0 Å². The Bertz CT molecular complexity index is 461. The van der Waals surface area contributed by atoms with Crippen LogP contribution in [0.5, 0.6) is 0 Å². The molecule has 2 nitrogen and oxygen atoms in total. The fraction of sp³-hybridized carbons (Fsp3) is 1.00. The van der Waals surface area contributed by atoms with Crippen molar-refractivity contribution < 1.29 is 10.2 Å². The van der Waals surface area contributed by atoms with E-state index in [2.05, 4.69) is 13.8 Å². The summed E-state index contributed by atoms with van der Waals surface area (Å²) < 4.78 is 0. The fourth-order valence-corrected chi connectivity index (χ4v) is 8.07. The summed E-state index contributed by atoms with van der Waals surface area (Å²) in [5, 5.41) is 20.4. The Morgan fingerprint density at radius 2 is 1.57 bits per heavy atom. The zero-order chi connectivity index (χ0) is 16.4. The monoisotopic (exact) mass is 320 g/mol. The Morgan fingerprint density at radius 1 is 0.870 bits per heavy atom. The molecule has 0 bridgehead atoms. The smallest absolute Gasteiger partial charge is 0.0545 e. The minimum atomic E-state index is -0.140. The summed E-state index contributed by atoms with van der Waals surface area (Å²) in [6.07, 6.45) is 11.1. The van der Waals surface area contributed by atoms with Gasteiger partial charge in [0.2, 0.25) is 0 Å². The Kier molecular flexibility index (Phi) is 3.89. The van der Waals surface area contributed by atoms with Gasteiger partial charge in [0.15, 0.2) is 0 Å². The van der Waals surface area contributed by atoms with Crippen LogP contribution < -0.4 is 0 Å². The maximum atomic E-state index is 10.3. The van der Waals surface area contributed by atoms with Crippen molar-refractivity contribution in [1.29, 1.82) is 0 Å². The van der Waals surface area contributed by atoms with E-state index >= 15 is 0 Å². The third-order valence-electron chi connectivity index (χ3n) is 9.29. The van der Waals surface area contributed by atoms with E-state index in [-0.39, 0.29) is 12.2 Å². The Labute approximate surface area is 142 Å². The van der Waals surface area contributed by atoms with Crippen molar-refractivity contribution in [1.82, 2.24) is 0 Å². The topological polar surface area (TPSA) is 40.5 Å². The molecule has 0 spiro atoms. The Hall–Kier alpha value is -0.0800. The van der Waals surface area contributed by atoms with Gasteiger partial charge in [-0.05, 0) is 105 Å². The molecule has 0 aromatic rings. The number of hydrogen-bond donors (Lipinski definition) is 2. The Balaban J connectivity index is 1.60. The van der Waals surface area contributed by atoms with E-state index in [1.165, 1.54) is 44.9 Å². The first kappa shape index (κ1) is 16.4. The van der Waals surface area contributed by atoms with Crippen LogP contribution in [0.15, 0.2) is 0 Å². The van der Waals surface area contributed by atoms with Crippen LogP contribution in [-0.2, 0) is 0 Å². The van der Waals surface area contributed by atoms with Crippen LogP contribution in [0.3, 0.4) is 0 Å². The Morgan fingerprint density at radius 3 is 2.30 bits per heavy atom. The number of fused-ring (bicyclic) bond motifs is 5. The maximum Gasteiger partial charge on any atom is 0.0545 e. The van der Waals surface area contributed by atoms with E-state index in [1.807, 2.05) is 6.92 Å². The van der Waals surface area contributed by atoms with Crippen molar-refractivity contribution in [2.75, 3.05) is 0 Å². The molecule has 4 fully saturated rings. The first-order valence-corrected chi connectivity index (χ1v) is 10.2. The molecule has 0 aliphatic heterocycles. The largest absolute Gasteiger partial charge is 0.393 e. The van der Waals surface area contributed by atoms with Gasteiger partial charge in [-0.3, -0.25) is 0 Å². The molecule has 0 aromatic heterocycles. The second-order valence-corrected chi connectivity index (χ2v) is 10.1. The lowest BCUT2D eigenvalue weighted by Crippen LogP contribution is -2.54. The van der Waals surface area contributed by atoms with Gasteiger partial charge >= 0.3 is 0 Å². The summed E-state index contributed by atoms with van der Waals surface area (Å²) in [4.78, 5) is 0. The predicted octanol–water partition coefficient (Wildman–Crippen LogP) is 4.39. The van der Waals surface area contributed by atoms with Gasteiger partial charge in [-0.1, -0.05) is 13.8 Å². The number of hydrogen-bond acceptors (Lipinski definition) is 2. The molecule has 132 valence electrons. The summed E-state index contributed by atoms with van der Waals surface area (Å²) in [6.45, 7) is 7.08. The minimum Gasteiger partial charge on any atom is -0.393 e. The highest BCUT2D eigenvalue weighted by atomic mass is 16.3. The molecule has 0 saturated heterocycles. The summed E-state index contributed by atoms with van der Waals surface area (Å²) in [6, 6.07) is 0. The van der Waals surface area contributed by atoms with Gasteiger partial charge in [0.25, 0.3) is 0 Å². The summed E-state index contributed by atoms with van der Waals surface area (Å²) >= 11 is 0. The van der Waals surface area contributed by atoms with Gasteiger partial charge in [0, 0.05) is 0 Å². The molecule has 4 rings (SSSR count). The molecule has 9 atom stereocenters. The zero-order valence-electron chi connectivity index (χ0n) is 15.3. The van der Waals surface area contributed by atoms with Gasteiger partial charge < -0.3 is 10.2 Å². The minimum absolute atomic E-state index is 0.0374. The van der Waals surface area contributed by atoms with Crippen LogP contribution in [0.2, 0.25) is 0 Å². The molecule has 0 aromatic carbocycles. The quantitative estimate of drug-likeness (QED) is 0.752.